The van der Waals surface area contributed by atoms with Gasteiger partial charge in [-0.3, -0.25) is 0 Å². The van der Waals surface area contributed by atoms with Gasteiger partial charge in [-0.05, 0) is 50.1 Å². The summed E-state index contributed by atoms with van der Waals surface area (Å²) in [5, 5.41) is 9.03. The number of hydrogen-bond donors (Lipinski definition) is 1. The first-order valence-corrected chi connectivity index (χ1v) is 6.90. The number of carboxylic acid groups (broad SMARTS) is 1. The first kappa shape index (κ1) is 13.6. The van der Waals surface area contributed by atoms with Crippen molar-refractivity contribution in [2.24, 2.45) is 0 Å². The number of aryl methyl sites for hydroxylation is 1. The van der Waals surface area contributed by atoms with Crippen molar-refractivity contribution in [3.05, 3.63) is 40.8 Å². The average molecular weight is 276 g/mol. The Morgan fingerprint density at radius 3 is 2.63 bits per heavy atom. The van der Waals surface area contributed by atoms with Crippen LogP contribution < -0.4 is 4.74 Å². The highest BCUT2D eigenvalue weighted by atomic mass is 32.1. The molecule has 0 saturated carbocycles. The van der Waals surface area contributed by atoms with Crippen LogP contribution in [0.1, 0.15) is 29.1 Å². The van der Waals surface area contributed by atoms with E-state index in [2.05, 4.69) is 0 Å². The second-order valence-corrected chi connectivity index (χ2v) is 5.67. The van der Waals surface area contributed by atoms with Crippen LogP contribution in [0.15, 0.2) is 30.3 Å². The molecule has 2 rings (SSSR count). The van der Waals surface area contributed by atoms with Crippen LogP contribution in [0.4, 0.5) is 0 Å². The molecular formula is C15H16O3S. The Morgan fingerprint density at radius 2 is 2.05 bits per heavy atom. The number of carboxylic acids is 1. The maximum Gasteiger partial charge on any atom is 0.345 e. The molecule has 100 valence electrons. The number of thiophene rings is 1. The number of ether oxygens (including phenoxy) is 1. The standard InChI is InChI=1S/C15H16O3S/c1-9(2)18-12-6-4-5-11(8-12)14-10(3)7-13(19-14)15(16)17/h4-9H,1-3H3,(H,16,17). The van der Waals surface area contributed by atoms with E-state index in [9.17, 15) is 4.79 Å². The third-order valence-electron chi connectivity index (χ3n) is 2.60. The highest BCUT2D eigenvalue weighted by Crippen LogP contribution is 2.34. The zero-order chi connectivity index (χ0) is 14.0. The van der Waals surface area contributed by atoms with Gasteiger partial charge in [-0.1, -0.05) is 12.1 Å². The Bertz CT molecular complexity index is 599. The molecule has 0 spiro atoms. The first-order chi connectivity index (χ1) is 8.97. The van der Waals surface area contributed by atoms with E-state index in [4.69, 9.17) is 9.84 Å². The summed E-state index contributed by atoms with van der Waals surface area (Å²) >= 11 is 1.29. The molecule has 2 aromatic rings. The van der Waals surface area contributed by atoms with Crippen molar-refractivity contribution >= 4 is 17.3 Å². The molecular weight excluding hydrogens is 260 g/mol. The second-order valence-electron chi connectivity index (χ2n) is 4.62. The van der Waals surface area contributed by atoms with Crippen molar-refractivity contribution in [3.8, 4) is 16.2 Å². The highest BCUT2D eigenvalue weighted by molar-refractivity contribution is 7.17. The fourth-order valence-corrected chi connectivity index (χ4v) is 2.86. The molecule has 3 nitrogen and oxygen atoms in total. The van der Waals surface area contributed by atoms with E-state index in [-0.39, 0.29) is 6.10 Å². The van der Waals surface area contributed by atoms with Gasteiger partial charge in [0.2, 0.25) is 0 Å². The van der Waals surface area contributed by atoms with Crippen molar-refractivity contribution in [2.75, 3.05) is 0 Å². The average Bonchev–Trinajstić information content (AvgIpc) is 2.71. The molecule has 0 aliphatic carbocycles. The lowest BCUT2D eigenvalue weighted by atomic mass is 10.1. The number of benzene rings is 1. The molecule has 0 radical (unpaired) electrons. The molecule has 1 N–H and O–H groups in total. The molecule has 19 heavy (non-hydrogen) atoms. The quantitative estimate of drug-likeness (QED) is 0.910. The SMILES string of the molecule is Cc1cc(C(=O)O)sc1-c1cccc(OC(C)C)c1. The predicted octanol–water partition coefficient (Wildman–Crippen LogP) is 4.21. The van der Waals surface area contributed by atoms with E-state index in [0.717, 1.165) is 21.8 Å². The number of rotatable bonds is 4. The van der Waals surface area contributed by atoms with E-state index < -0.39 is 5.97 Å². The number of hydrogen-bond acceptors (Lipinski definition) is 3. The Hall–Kier alpha value is -1.81. The molecule has 0 aliphatic heterocycles. The summed E-state index contributed by atoms with van der Waals surface area (Å²) in [5.41, 5.74) is 1.97. The minimum atomic E-state index is -0.881. The maximum atomic E-state index is 11.0. The molecule has 1 aromatic heterocycles. The topological polar surface area (TPSA) is 46.5 Å². The molecule has 0 unspecified atom stereocenters. The normalized spacial score (nSPS) is 10.7. The Morgan fingerprint density at radius 1 is 1.32 bits per heavy atom. The molecule has 0 amide bonds. The van der Waals surface area contributed by atoms with Crippen LogP contribution in [-0.4, -0.2) is 17.2 Å². The van der Waals surface area contributed by atoms with Gasteiger partial charge in [-0.2, -0.15) is 0 Å². The minimum Gasteiger partial charge on any atom is -0.491 e. The summed E-state index contributed by atoms with van der Waals surface area (Å²) in [4.78, 5) is 12.3. The van der Waals surface area contributed by atoms with E-state index in [1.165, 1.54) is 11.3 Å². The highest BCUT2D eigenvalue weighted by Gasteiger charge is 2.13. The Labute approximate surface area is 116 Å². The van der Waals surface area contributed by atoms with Gasteiger partial charge in [-0.15, -0.1) is 11.3 Å². The number of aromatic carboxylic acids is 1. The van der Waals surface area contributed by atoms with Gasteiger partial charge in [0, 0.05) is 4.88 Å². The van der Waals surface area contributed by atoms with Crippen LogP contribution in [0.2, 0.25) is 0 Å². The zero-order valence-corrected chi connectivity index (χ0v) is 12.0. The summed E-state index contributed by atoms with van der Waals surface area (Å²) in [6.07, 6.45) is 0.120. The van der Waals surface area contributed by atoms with E-state index >= 15 is 0 Å². The smallest absolute Gasteiger partial charge is 0.345 e. The van der Waals surface area contributed by atoms with Gasteiger partial charge in [0.1, 0.15) is 10.6 Å². The van der Waals surface area contributed by atoms with Gasteiger partial charge in [0.25, 0.3) is 0 Å². The summed E-state index contributed by atoms with van der Waals surface area (Å²) in [6.45, 7) is 5.88. The summed E-state index contributed by atoms with van der Waals surface area (Å²) in [5.74, 6) is -0.0777. The molecule has 0 aliphatic rings. The maximum absolute atomic E-state index is 11.0. The lowest BCUT2D eigenvalue weighted by molar-refractivity contribution is 0.0702. The molecule has 4 heteroatoms. The van der Waals surface area contributed by atoms with Crippen LogP contribution in [-0.2, 0) is 0 Å². The molecule has 0 bridgehead atoms. The third kappa shape index (κ3) is 3.15. The molecule has 1 heterocycles. The van der Waals surface area contributed by atoms with Crippen LogP contribution >= 0.6 is 11.3 Å². The molecule has 0 fully saturated rings. The Balaban J connectivity index is 2.38. The van der Waals surface area contributed by atoms with E-state index in [0.29, 0.717) is 4.88 Å². The van der Waals surface area contributed by atoms with Crippen molar-refractivity contribution in [3.63, 3.8) is 0 Å². The Kier molecular flexibility index (Phi) is 3.90. The zero-order valence-electron chi connectivity index (χ0n) is 11.1. The second kappa shape index (κ2) is 5.45. The van der Waals surface area contributed by atoms with Gasteiger partial charge in [0.15, 0.2) is 0 Å². The summed E-state index contributed by atoms with van der Waals surface area (Å²) < 4.78 is 5.66. The third-order valence-corrected chi connectivity index (χ3v) is 3.87. The van der Waals surface area contributed by atoms with Gasteiger partial charge >= 0.3 is 5.97 Å². The lowest BCUT2D eigenvalue weighted by Crippen LogP contribution is -2.05. The van der Waals surface area contributed by atoms with E-state index in [1.54, 1.807) is 6.07 Å². The first-order valence-electron chi connectivity index (χ1n) is 6.08. The summed E-state index contributed by atoms with van der Waals surface area (Å²) in [6, 6.07) is 9.46. The van der Waals surface area contributed by atoms with E-state index in [1.807, 2.05) is 45.0 Å². The molecule has 0 saturated heterocycles. The fourth-order valence-electron chi connectivity index (χ4n) is 1.86. The van der Waals surface area contributed by atoms with Crippen molar-refractivity contribution in [2.45, 2.75) is 26.9 Å². The van der Waals surface area contributed by atoms with Gasteiger partial charge < -0.3 is 9.84 Å². The van der Waals surface area contributed by atoms with Crippen molar-refractivity contribution in [1.29, 1.82) is 0 Å². The van der Waals surface area contributed by atoms with Gasteiger partial charge in [0.05, 0.1) is 6.10 Å². The van der Waals surface area contributed by atoms with Gasteiger partial charge in [-0.25, -0.2) is 4.79 Å². The monoisotopic (exact) mass is 276 g/mol. The van der Waals surface area contributed by atoms with Crippen LogP contribution in [0, 0.1) is 6.92 Å². The van der Waals surface area contributed by atoms with Crippen LogP contribution in [0.5, 0.6) is 5.75 Å². The minimum absolute atomic E-state index is 0.120. The number of carbonyl (C=O) groups is 1. The largest absolute Gasteiger partial charge is 0.491 e. The van der Waals surface area contributed by atoms with Crippen LogP contribution in [0.3, 0.4) is 0 Å². The lowest BCUT2D eigenvalue weighted by Gasteiger charge is -2.10. The molecule has 0 atom stereocenters. The summed E-state index contributed by atoms with van der Waals surface area (Å²) in [7, 11) is 0. The predicted molar refractivity (Wildman–Crippen MR) is 77.2 cm³/mol. The van der Waals surface area contributed by atoms with Crippen molar-refractivity contribution < 1.29 is 14.6 Å². The fraction of sp³-hybridized carbons (Fsp3) is 0.267. The van der Waals surface area contributed by atoms with Crippen molar-refractivity contribution in [1.82, 2.24) is 0 Å². The van der Waals surface area contributed by atoms with Crippen LogP contribution in [0.25, 0.3) is 10.4 Å². The molecule has 1 aromatic carbocycles.